The van der Waals surface area contributed by atoms with E-state index in [4.69, 9.17) is 9.84 Å². The number of carbonyl (C=O) groups is 1. The summed E-state index contributed by atoms with van der Waals surface area (Å²) in [6.45, 7) is 1.95. The van der Waals surface area contributed by atoms with E-state index in [1.54, 1.807) is 31.2 Å². The number of benzene rings is 3. The Morgan fingerprint density at radius 3 is 2.24 bits per heavy atom. The van der Waals surface area contributed by atoms with Gasteiger partial charge in [0.1, 0.15) is 12.4 Å². The lowest BCUT2D eigenvalue weighted by Gasteiger charge is -2.12. The van der Waals surface area contributed by atoms with Crippen molar-refractivity contribution in [1.82, 2.24) is 0 Å². The van der Waals surface area contributed by atoms with Gasteiger partial charge >= 0.3 is 12.1 Å². The van der Waals surface area contributed by atoms with Crippen LogP contribution in [0, 0.1) is 11.8 Å². The monoisotopic (exact) mass is 472 g/mol. The Labute approximate surface area is 197 Å². The number of carboxylic acid groups (broad SMARTS) is 1. The fourth-order valence-corrected chi connectivity index (χ4v) is 3.26. The average Bonchev–Trinajstić information content (AvgIpc) is 2.77. The van der Waals surface area contributed by atoms with E-state index in [9.17, 15) is 18.0 Å². The third kappa shape index (κ3) is 7.33. The van der Waals surface area contributed by atoms with Gasteiger partial charge in [-0.05, 0) is 59.5 Å². The van der Waals surface area contributed by atoms with Crippen LogP contribution in [0.2, 0.25) is 0 Å². The number of alkyl halides is 3. The quantitative estimate of drug-likeness (QED) is 0.392. The molecule has 0 saturated carbocycles. The van der Waals surface area contributed by atoms with E-state index in [0.717, 1.165) is 28.8 Å². The maximum absolute atomic E-state index is 12.8. The summed E-state index contributed by atoms with van der Waals surface area (Å²) in [5.74, 6) is 4.99. The van der Waals surface area contributed by atoms with Crippen molar-refractivity contribution >= 4 is 19.5 Å². The van der Waals surface area contributed by atoms with Crippen LogP contribution in [-0.2, 0) is 17.6 Å². The summed E-state index contributed by atoms with van der Waals surface area (Å²) in [6, 6.07) is 19.6. The van der Waals surface area contributed by atoms with Crippen LogP contribution in [0.4, 0.5) is 13.2 Å². The van der Waals surface area contributed by atoms with Crippen molar-refractivity contribution in [2.75, 3.05) is 0 Å². The molecular formula is C26H23F3O3S. The highest BCUT2D eigenvalue weighted by atomic mass is 32.1. The molecule has 3 nitrogen and oxygen atoms in total. The van der Waals surface area contributed by atoms with Gasteiger partial charge in [-0.3, -0.25) is 4.79 Å². The summed E-state index contributed by atoms with van der Waals surface area (Å²) in [7, 11) is 0. The first-order valence-corrected chi connectivity index (χ1v) is 9.89. The molecule has 0 saturated heterocycles. The predicted octanol–water partition coefficient (Wildman–Crippen LogP) is 6.65. The molecule has 0 amide bonds. The molecule has 3 aromatic rings. The minimum atomic E-state index is -4.36. The number of halogens is 3. The molecule has 0 aromatic heterocycles. The second-order valence-electron chi connectivity index (χ2n) is 7.18. The number of carboxylic acids is 1. The molecule has 33 heavy (non-hydrogen) atoms. The Kier molecular flexibility index (Phi) is 9.01. The molecule has 0 fully saturated rings. The lowest BCUT2D eigenvalue weighted by atomic mass is 9.96. The highest BCUT2D eigenvalue weighted by molar-refractivity contribution is 7.59. The zero-order chi connectivity index (χ0) is 23.1. The zero-order valence-electron chi connectivity index (χ0n) is 17.8. The van der Waals surface area contributed by atoms with Gasteiger partial charge in [-0.25, -0.2) is 0 Å². The van der Waals surface area contributed by atoms with Gasteiger partial charge in [-0.1, -0.05) is 48.4 Å². The average molecular weight is 473 g/mol. The van der Waals surface area contributed by atoms with Crippen LogP contribution in [0.25, 0.3) is 11.1 Å². The van der Waals surface area contributed by atoms with Crippen molar-refractivity contribution in [3.63, 3.8) is 0 Å². The fourth-order valence-electron chi connectivity index (χ4n) is 3.26. The lowest BCUT2D eigenvalue weighted by molar-refractivity contribution is -0.138. The molecule has 1 N–H and O–H groups in total. The van der Waals surface area contributed by atoms with Crippen molar-refractivity contribution in [2.24, 2.45) is 0 Å². The maximum Gasteiger partial charge on any atom is 0.416 e. The number of hydrogen-bond donors (Lipinski definition) is 1. The summed E-state index contributed by atoms with van der Waals surface area (Å²) in [5, 5.41) is 9.05. The van der Waals surface area contributed by atoms with E-state index in [1.165, 1.54) is 12.1 Å². The van der Waals surface area contributed by atoms with Crippen molar-refractivity contribution in [1.29, 1.82) is 0 Å². The second kappa shape index (κ2) is 11.5. The Morgan fingerprint density at radius 1 is 1.00 bits per heavy atom. The molecule has 0 aliphatic rings. The van der Waals surface area contributed by atoms with Gasteiger partial charge in [0.15, 0.2) is 0 Å². The summed E-state index contributed by atoms with van der Waals surface area (Å²) < 4.78 is 44.1. The zero-order valence-corrected chi connectivity index (χ0v) is 18.8. The number of aliphatic carboxylic acids is 1. The Hall–Kier alpha value is -3.37. The molecule has 0 aliphatic heterocycles. The number of hydrogen-bond acceptors (Lipinski definition) is 2. The van der Waals surface area contributed by atoms with E-state index in [-0.39, 0.29) is 32.4 Å². The van der Waals surface area contributed by atoms with E-state index in [2.05, 4.69) is 11.8 Å². The molecule has 7 heteroatoms. The molecule has 0 aliphatic carbocycles. The van der Waals surface area contributed by atoms with Gasteiger partial charge in [0.2, 0.25) is 0 Å². The maximum atomic E-state index is 12.8. The summed E-state index contributed by atoms with van der Waals surface area (Å²) >= 11 is 0. The van der Waals surface area contributed by atoms with Crippen LogP contribution >= 0.6 is 13.5 Å². The molecule has 1 atom stereocenters. The van der Waals surface area contributed by atoms with Crippen LogP contribution in [0.1, 0.15) is 36.0 Å². The van der Waals surface area contributed by atoms with Gasteiger partial charge in [0.25, 0.3) is 0 Å². The Balaban J connectivity index is 0.00000385. The van der Waals surface area contributed by atoms with Crippen LogP contribution in [0.3, 0.4) is 0 Å². The minimum Gasteiger partial charge on any atom is -0.489 e. The van der Waals surface area contributed by atoms with Crippen molar-refractivity contribution in [3.8, 4) is 28.7 Å². The second-order valence-corrected chi connectivity index (χ2v) is 7.18. The first kappa shape index (κ1) is 25.9. The largest absolute Gasteiger partial charge is 0.489 e. The van der Waals surface area contributed by atoms with Crippen LogP contribution < -0.4 is 4.74 Å². The Bertz CT molecular complexity index is 1130. The normalized spacial score (nSPS) is 11.5. The summed E-state index contributed by atoms with van der Waals surface area (Å²) in [5.41, 5.74) is 2.47. The van der Waals surface area contributed by atoms with Crippen LogP contribution in [-0.4, -0.2) is 11.1 Å². The summed E-state index contributed by atoms with van der Waals surface area (Å²) in [6.07, 6.45) is -4.43. The minimum absolute atomic E-state index is 0. The first-order chi connectivity index (χ1) is 15.3. The van der Waals surface area contributed by atoms with E-state index in [0.29, 0.717) is 11.3 Å². The van der Waals surface area contributed by atoms with Crippen LogP contribution in [0.15, 0.2) is 72.8 Å². The molecule has 3 aromatic carbocycles. The van der Waals surface area contributed by atoms with Crippen LogP contribution in [0.5, 0.6) is 5.75 Å². The van der Waals surface area contributed by atoms with Crippen molar-refractivity contribution in [3.05, 3.63) is 89.5 Å². The molecule has 172 valence electrons. The van der Waals surface area contributed by atoms with Gasteiger partial charge in [0, 0.05) is 0 Å². The topological polar surface area (TPSA) is 46.5 Å². The molecule has 0 spiro atoms. The molecule has 0 unspecified atom stereocenters. The van der Waals surface area contributed by atoms with Gasteiger partial charge < -0.3 is 9.84 Å². The highest BCUT2D eigenvalue weighted by Crippen LogP contribution is 2.31. The smallest absolute Gasteiger partial charge is 0.416 e. The van der Waals surface area contributed by atoms with Gasteiger partial charge in [0.05, 0.1) is 17.9 Å². The number of rotatable bonds is 7. The highest BCUT2D eigenvalue weighted by Gasteiger charge is 2.29. The standard InChI is InChI=1S/C26H21F3O3.H2S/c1-2-4-21(16-25(30)31)20-9-13-24(14-10-20)32-17-18-5-3-6-22(15-18)19-7-11-23(12-8-19)26(27,28)29;/h3,5-15,21H,16-17H2,1H3,(H,30,31);1H2/t21-;/m0./s1. The van der Waals surface area contributed by atoms with Gasteiger partial charge in [-0.15, -0.1) is 5.92 Å². The SMILES string of the molecule is CC#C[C@@H](CC(=O)O)c1ccc(OCc2cccc(-c3ccc(C(F)(F)F)cc3)c2)cc1.S. The van der Waals surface area contributed by atoms with Crippen molar-refractivity contribution < 1.29 is 27.8 Å². The molecular weight excluding hydrogens is 449 g/mol. The third-order valence-electron chi connectivity index (χ3n) is 4.86. The third-order valence-corrected chi connectivity index (χ3v) is 4.86. The molecule has 0 heterocycles. The molecule has 0 radical (unpaired) electrons. The predicted molar refractivity (Wildman–Crippen MR) is 126 cm³/mol. The van der Waals surface area contributed by atoms with E-state index < -0.39 is 17.7 Å². The van der Waals surface area contributed by atoms with E-state index >= 15 is 0 Å². The number of ether oxygens (including phenoxy) is 1. The molecule has 3 rings (SSSR count). The Morgan fingerprint density at radius 2 is 1.67 bits per heavy atom. The first-order valence-electron chi connectivity index (χ1n) is 9.89. The summed E-state index contributed by atoms with van der Waals surface area (Å²) in [4.78, 5) is 11.0. The lowest BCUT2D eigenvalue weighted by Crippen LogP contribution is -2.04. The van der Waals surface area contributed by atoms with Crippen molar-refractivity contribution in [2.45, 2.75) is 32.0 Å². The van der Waals surface area contributed by atoms with Gasteiger partial charge in [-0.2, -0.15) is 26.7 Å². The fraction of sp³-hybridized carbons (Fsp3) is 0.192. The molecule has 0 bridgehead atoms. The van der Waals surface area contributed by atoms with E-state index in [1.807, 2.05) is 24.3 Å².